The average Bonchev–Trinajstić information content (AvgIpc) is 2.45. The molecule has 0 aliphatic rings. The molecule has 6 heteroatoms. The lowest BCUT2D eigenvalue weighted by Gasteiger charge is -2.19. The average molecular weight is 309 g/mol. The molecule has 0 fully saturated rings. The van der Waals surface area contributed by atoms with Crippen molar-refractivity contribution in [3.63, 3.8) is 0 Å². The van der Waals surface area contributed by atoms with Crippen LogP contribution in [0.3, 0.4) is 0 Å². The van der Waals surface area contributed by atoms with Crippen molar-refractivity contribution in [1.29, 1.82) is 0 Å². The van der Waals surface area contributed by atoms with E-state index in [1.807, 2.05) is 13.8 Å². The Kier molecular flexibility index (Phi) is 4.53. The molecule has 0 bridgehead atoms. The van der Waals surface area contributed by atoms with Crippen molar-refractivity contribution in [1.82, 2.24) is 9.55 Å². The van der Waals surface area contributed by atoms with Crippen LogP contribution in [0.25, 0.3) is 11.1 Å². The molecule has 1 aromatic carbocycles. The summed E-state index contributed by atoms with van der Waals surface area (Å²) in [5.41, 5.74) is -0.609. The number of H-pyrrole nitrogens is 1. The van der Waals surface area contributed by atoms with Gasteiger partial charge in [-0.25, -0.2) is 4.79 Å². The van der Waals surface area contributed by atoms with E-state index in [4.69, 9.17) is 11.6 Å². The predicted molar refractivity (Wildman–Crippen MR) is 83.1 cm³/mol. The molecule has 0 aliphatic carbocycles. The number of nitrogens with one attached hydrogen (secondary N) is 1. The second-order valence-electron chi connectivity index (χ2n) is 4.81. The molecule has 0 amide bonds. The van der Waals surface area contributed by atoms with Crippen LogP contribution in [0, 0.1) is 0 Å². The Labute approximate surface area is 126 Å². The predicted octanol–water partition coefficient (Wildman–Crippen LogP) is 2.92. The lowest BCUT2D eigenvalue weighted by molar-refractivity contribution is 0.351. The van der Waals surface area contributed by atoms with Crippen LogP contribution in [0.4, 0.5) is 0 Å². The fourth-order valence-electron chi connectivity index (χ4n) is 2.41. The van der Waals surface area contributed by atoms with E-state index in [2.05, 4.69) is 4.98 Å². The zero-order valence-electron chi connectivity index (χ0n) is 11.9. The maximum atomic E-state index is 12.0. The topological polar surface area (TPSA) is 75.1 Å². The number of hydrogen-bond donors (Lipinski definition) is 2. The highest BCUT2D eigenvalue weighted by molar-refractivity contribution is 6.30. The Hall–Kier alpha value is -2.01. The molecule has 2 N–H and O–H groups in total. The third-order valence-electron chi connectivity index (χ3n) is 3.56. The van der Waals surface area contributed by atoms with Gasteiger partial charge in [0.25, 0.3) is 5.56 Å². The van der Waals surface area contributed by atoms with Gasteiger partial charge in [-0.3, -0.25) is 14.3 Å². The maximum absolute atomic E-state index is 12.0. The van der Waals surface area contributed by atoms with Gasteiger partial charge in [0.05, 0.1) is 0 Å². The third-order valence-corrected chi connectivity index (χ3v) is 3.81. The molecule has 2 rings (SSSR count). The molecule has 0 unspecified atom stereocenters. The Morgan fingerprint density at radius 1 is 1.19 bits per heavy atom. The van der Waals surface area contributed by atoms with Crippen molar-refractivity contribution in [2.75, 3.05) is 0 Å². The van der Waals surface area contributed by atoms with Crippen molar-refractivity contribution in [3.05, 3.63) is 50.1 Å². The first-order valence-corrected chi connectivity index (χ1v) is 7.21. The van der Waals surface area contributed by atoms with Gasteiger partial charge in [-0.05, 0) is 30.5 Å². The van der Waals surface area contributed by atoms with Gasteiger partial charge in [0.1, 0.15) is 5.56 Å². The van der Waals surface area contributed by atoms with Crippen molar-refractivity contribution < 1.29 is 5.11 Å². The first-order valence-electron chi connectivity index (χ1n) is 6.83. The van der Waals surface area contributed by atoms with E-state index < -0.39 is 11.2 Å². The second kappa shape index (κ2) is 6.18. The fourth-order valence-corrected chi connectivity index (χ4v) is 2.53. The van der Waals surface area contributed by atoms with Crippen LogP contribution < -0.4 is 11.2 Å². The molecular weight excluding hydrogens is 292 g/mol. The van der Waals surface area contributed by atoms with Crippen LogP contribution in [0.5, 0.6) is 5.88 Å². The smallest absolute Gasteiger partial charge is 0.331 e. The molecule has 0 aliphatic heterocycles. The van der Waals surface area contributed by atoms with E-state index in [1.165, 1.54) is 4.57 Å². The van der Waals surface area contributed by atoms with E-state index in [0.29, 0.717) is 23.4 Å². The summed E-state index contributed by atoms with van der Waals surface area (Å²) >= 11 is 5.83. The van der Waals surface area contributed by atoms with Gasteiger partial charge in [-0.1, -0.05) is 37.6 Å². The fraction of sp³-hybridized carbons (Fsp3) is 0.333. The van der Waals surface area contributed by atoms with E-state index in [-0.39, 0.29) is 17.5 Å². The SMILES string of the molecule is CCC(CC)n1c(O)c(-c2ccc(Cl)cc2)c(=O)[nH]c1=O. The minimum atomic E-state index is -0.609. The summed E-state index contributed by atoms with van der Waals surface area (Å²) in [6.45, 7) is 3.85. The molecule has 1 heterocycles. The molecule has 2 aromatic rings. The molecule has 0 spiro atoms. The zero-order chi connectivity index (χ0) is 15.6. The van der Waals surface area contributed by atoms with Crippen molar-refractivity contribution >= 4 is 11.6 Å². The summed E-state index contributed by atoms with van der Waals surface area (Å²) in [6, 6.07) is 6.35. The van der Waals surface area contributed by atoms with Gasteiger partial charge in [-0.2, -0.15) is 0 Å². The summed E-state index contributed by atoms with van der Waals surface area (Å²) in [7, 11) is 0. The number of nitrogens with zero attached hydrogens (tertiary/aromatic N) is 1. The Morgan fingerprint density at radius 2 is 1.76 bits per heavy atom. The highest BCUT2D eigenvalue weighted by atomic mass is 35.5. The lowest BCUT2D eigenvalue weighted by Crippen LogP contribution is -2.33. The van der Waals surface area contributed by atoms with Crippen LogP contribution in [-0.4, -0.2) is 14.7 Å². The molecular formula is C15H17ClN2O3. The minimum absolute atomic E-state index is 0.0816. The van der Waals surface area contributed by atoms with Crippen LogP contribution >= 0.6 is 11.6 Å². The molecule has 5 nitrogen and oxygen atoms in total. The monoisotopic (exact) mass is 308 g/mol. The largest absolute Gasteiger partial charge is 0.494 e. The van der Waals surface area contributed by atoms with E-state index in [0.717, 1.165) is 0 Å². The standard InChI is InChI=1S/C15H17ClN2O3/c1-3-11(4-2)18-14(20)12(13(19)17-15(18)21)9-5-7-10(16)8-6-9/h5-8,11,20H,3-4H2,1-2H3,(H,17,19,21). The summed E-state index contributed by atoms with van der Waals surface area (Å²) in [5, 5.41) is 10.9. The molecule has 112 valence electrons. The number of halogens is 1. The maximum Gasteiger partial charge on any atom is 0.331 e. The Bertz CT molecular complexity index is 743. The van der Waals surface area contributed by atoms with Gasteiger partial charge in [0.2, 0.25) is 5.88 Å². The summed E-state index contributed by atoms with van der Waals surface area (Å²) in [4.78, 5) is 26.3. The second-order valence-corrected chi connectivity index (χ2v) is 5.24. The quantitative estimate of drug-likeness (QED) is 0.912. The van der Waals surface area contributed by atoms with E-state index in [9.17, 15) is 14.7 Å². The molecule has 0 saturated carbocycles. The minimum Gasteiger partial charge on any atom is -0.494 e. The number of rotatable bonds is 4. The Balaban J connectivity index is 2.73. The highest BCUT2D eigenvalue weighted by Crippen LogP contribution is 2.28. The molecule has 0 saturated heterocycles. The van der Waals surface area contributed by atoms with Crippen LogP contribution in [0.15, 0.2) is 33.9 Å². The normalized spacial score (nSPS) is 11.0. The van der Waals surface area contributed by atoms with Crippen LogP contribution in [-0.2, 0) is 0 Å². The van der Waals surface area contributed by atoms with E-state index in [1.54, 1.807) is 24.3 Å². The van der Waals surface area contributed by atoms with Crippen molar-refractivity contribution in [3.8, 4) is 17.0 Å². The van der Waals surface area contributed by atoms with Crippen molar-refractivity contribution in [2.24, 2.45) is 0 Å². The van der Waals surface area contributed by atoms with Gasteiger partial charge < -0.3 is 5.11 Å². The number of aromatic hydroxyl groups is 1. The number of aromatic nitrogens is 2. The highest BCUT2D eigenvalue weighted by Gasteiger charge is 2.20. The zero-order valence-corrected chi connectivity index (χ0v) is 12.6. The van der Waals surface area contributed by atoms with Crippen LogP contribution in [0.1, 0.15) is 32.7 Å². The van der Waals surface area contributed by atoms with Crippen LogP contribution in [0.2, 0.25) is 5.02 Å². The van der Waals surface area contributed by atoms with E-state index >= 15 is 0 Å². The molecule has 0 atom stereocenters. The summed E-state index contributed by atoms with van der Waals surface area (Å²) in [5.74, 6) is -0.306. The summed E-state index contributed by atoms with van der Waals surface area (Å²) in [6.07, 6.45) is 1.35. The van der Waals surface area contributed by atoms with Gasteiger partial charge in [-0.15, -0.1) is 0 Å². The number of hydrogen-bond acceptors (Lipinski definition) is 3. The number of aromatic amines is 1. The molecule has 21 heavy (non-hydrogen) atoms. The lowest BCUT2D eigenvalue weighted by atomic mass is 10.1. The number of benzene rings is 1. The van der Waals surface area contributed by atoms with Gasteiger partial charge in [0.15, 0.2) is 0 Å². The third kappa shape index (κ3) is 2.88. The van der Waals surface area contributed by atoms with Gasteiger partial charge in [0, 0.05) is 11.1 Å². The first kappa shape index (κ1) is 15.4. The van der Waals surface area contributed by atoms with Crippen molar-refractivity contribution in [2.45, 2.75) is 32.7 Å². The first-order chi connectivity index (χ1) is 9.99. The Morgan fingerprint density at radius 3 is 2.29 bits per heavy atom. The van der Waals surface area contributed by atoms with Gasteiger partial charge >= 0.3 is 5.69 Å². The molecule has 1 aromatic heterocycles. The molecule has 0 radical (unpaired) electrons. The summed E-state index contributed by atoms with van der Waals surface area (Å²) < 4.78 is 1.24.